The van der Waals surface area contributed by atoms with Gasteiger partial charge in [0.05, 0.1) is 27.5 Å². The fourth-order valence-electron chi connectivity index (χ4n) is 3.86. The molecule has 1 aromatic heterocycles. The molecule has 10 heteroatoms. The number of hydrogen-bond donors (Lipinski definition) is 2. The molecule has 156 valence electrons. The fraction of sp³-hybridized carbons (Fsp3) is 0.300. The molecule has 1 aromatic carbocycles. The van der Waals surface area contributed by atoms with Crippen molar-refractivity contribution < 1.29 is 14.4 Å². The van der Waals surface area contributed by atoms with Gasteiger partial charge in [-0.05, 0) is 18.2 Å². The molecule has 0 spiro atoms. The number of carbonyl (C=O) groups excluding carboxylic acids is 3. The van der Waals surface area contributed by atoms with Crippen LogP contribution in [0.1, 0.15) is 34.1 Å². The van der Waals surface area contributed by atoms with E-state index in [1.807, 2.05) is 11.8 Å². The SMILES string of the molecule is CCC(=O)N1CCN(c2ccc(-n3c(N)c4c(cc3=O)C(=O)NC4=O)cc2Cl)CC1. The number of carbonyl (C=O) groups is 3. The van der Waals surface area contributed by atoms with Crippen molar-refractivity contribution in [3.05, 3.63) is 50.8 Å². The van der Waals surface area contributed by atoms with E-state index in [1.165, 1.54) is 0 Å². The normalized spacial score (nSPS) is 15.9. The highest BCUT2D eigenvalue weighted by molar-refractivity contribution is 6.33. The van der Waals surface area contributed by atoms with Crippen molar-refractivity contribution >= 4 is 40.8 Å². The summed E-state index contributed by atoms with van der Waals surface area (Å²) in [5.41, 5.74) is 6.66. The van der Waals surface area contributed by atoms with E-state index >= 15 is 0 Å². The lowest BCUT2D eigenvalue weighted by molar-refractivity contribution is -0.131. The number of fused-ring (bicyclic) bond motifs is 1. The topological polar surface area (TPSA) is 118 Å². The van der Waals surface area contributed by atoms with Gasteiger partial charge in [0.25, 0.3) is 17.4 Å². The first kappa shape index (κ1) is 20.0. The van der Waals surface area contributed by atoms with Crippen LogP contribution in [0.2, 0.25) is 5.02 Å². The summed E-state index contributed by atoms with van der Waals surface area (Å²) < 4.78 is 1.16. The lowest BCUT2D eigenvalue weighted by atomic mass is 10.1. The third kappa shape index (κ3) is 3.21. The Kier molecular flexibility index (Phi) is 4.98. The molecule has 2 aromatic rings. The Labute approximate surface area is 177 Å². The van der Waals surface area contributed by atoms with Crippen LogP contribution in [0, 0.1) is 0 Å². The van der Waals surface area contributed by atoms with Gasteiger partial charge in [-0.25, -0.2) is 0 Å². The number of anilines is 2. The van der Waals surface area contributed by atoms with Gasteiger partial charge in [0.2, 0.25) is 5.91 Å². The van der Waals surface area contributed by atoms with E-state index in [0.717, 1.165) is 16.3 Å². The summed E-state index contributed by atoms with van der Waals surface area (Å²) in [5, 5.41) is 2.55. The van der Waals surface area contributed by atoms with Gasteiger partial charge < -0.3 is 15.5 Å². The van der Waals surface area contributed by atoms with Gasteiger partial charge in [0, 0.05) is 38.7 Å². The quantitative estimate of drug-likeness (QED) is 0.703. The van der Waals surface area contributed by atoms with Gasteiger partial charge in [0.1, 0.15) is 5.82 Å². The highest BCUT2D eigenvalue weighted by atomic mass is 35.5. The number of amides is 3. The maximum atomic E-state index is 12.6. The van der Waals surface area contributed by atoms with Gasteiger partial charge in [0.15, 0.2) is 0 Å². The Morgan fingerprint density at radius 1 is 1.10 bits per heavy atom. The highest BCUT2D eigenvalue weighted by Crippen LogP contribution is 2.30. The molecule has 2 aliphatic heterocycles. The predicted octanol–water partition coefficient (Wildman–Crippen LogP) is 1.02. The molecule has 3 N–H and O–H groups in total. The molecule has 0 radical (unpaired) electrons. The Morgan fingerprint density at radius 3 is 2.43 bits per heavy atom. The lowest BCUT2D eigenvalue weighted by Gasteiger charge is -2.36. The minimum atomic E-state index is -0.639. The Bertz CT molecular complexity index is 1130. The first-order chi connectivity index (χ1) is 14.3. The van der Waals surface area contributed by atoms with E-state index in [9.17, 15) is 19.2 Å². The third-order valence-electron chi connectivity index (χ3n) is 5.42. The smallest absolute Gasteiger partial charge is 0.262 e. The molecule has 0 saturated carbocycles. The number of nitrogens with one attached hydrogen (secondary N) is 1. The van der Waals surface area contributed by atoms with Crippen LogP contribution in [0.15, 0.2) is 29.1 Å². The largest absolute Gasteiger partial charge is 0.384 e. The summed E-state index contributed by atoms with van der Waals surface area (Å²) in [5.74, 6) is -1.26. The number of benzene rings is 1. The molecule has 1 saturated heterocycles. The molecule has 2 aliphatic rings. The number of nitrogens with two attached hydrogens (primary N) is 1. The van der Waals surface area contributed by atoms with Crippen molar-refractivity contribution in [3.8, 4) is 5.69 Å². The second-order valence-corrected chi connectivity index (χ2v) is 7.54. The van der Waals surface area contributed by atoms with Crippen molar-refractivity contribution in [2.24, 2.45) is 0 Å². The monoisotopic (exact) mass is 429 g/mol. The Hall–Kier alpha value is -3.33. The number of hydrogen-bond acceptors (Lipinski definition) is 6. The maximum Gasteiger partial charge on any atom is 0.262 e. The van der Waals surface area contributed by atoms with Crippen LogP contribution in [-0.2, 0) is 4.79 Å². The van der Waals surface area contributed by atoms with E-state index in [1.54, 1.807) is 18.2 Å². The zero-order valence-electron chi connectivity index (χ0n) is 16.3. The zero-order valence-corrected chi connectivity index (χ0v) is 17.0. The molecule has 0 bridgehead atoms. The number of rotatable bonds is 3. The van der Waals surface area contributed by atoms with Crippen LogP contribution in [0.25, 0.3) is 5.69 Å². The number of nitrogens with zero attached hydrogens (tertiary/aromatic N) is 3. The lowest BCUT2D eigenvalue weighted by Crippen LogP contribution is -2.48. The molecule has 0 aliphatic carbocycles. The van der Waals surface area contributed by atoms with Gasteiger partial charge in [-0.2, -0.15) is 0 Å². The average molecular weight is 430 g/mol. The molecule has 3 amide bonds. The van der Waals surface area contributed by atoms with Gasteiger partial charge in [-0.1, -0.05) is 18.5 Å². The number of aromatic nitrogens is 1. The molecule has 1 fully saturated rings. The number of pyridine rings is 1. The van der Waals surface area contributed by atoms with Crippen molar-refractivity contribution in [1.29, 1.82) is 0 Å². The molecular weight excluding hydrogens is 410 g/mol. The molecule has 3 heterocycles. The number of halogens is 1. The fourth-order valence-corrected chi connectivity index (χ4v) is 4.15. The average Bonchev–Trinajstić information content (AvgIpc) is 3.01. The molecule has 4 rings (SSSR count). The van der Waals surface area contributed by atoms with E-state index in [2.05, 4.69) is 10.2 Å². The molecule has 0 atom stereocenters. The summed E-state index contributed by atoms with van der Waals surface area (Å²) >= 11 is 6.50. The van der Waals surface area contributed by atoms with Crippen LogP contribution in [0.3, 0.4) is 0 Å². The summed E-state index contributed by atoms with van der Waals surface area (Å²) in [6.45, 7) is 4.37. The molecular formula is C20H20ClN5O4. The van der Waals surface area contributed by atoms with Crippen molar-refractivity contribution in [2.75, 3.05) is 36.8 Å². The Morgan fingerprint density at radius 2 is 1.80 bits per heavy atom. The summed E-state index contributed by atoms with van der Waals surface area (Å²) in [6, 6.07) is 6.15. The first-order valence-corrected chi connectivity index (χ1v) is 9.93. The van der Waals surface area contributed by atoms with E-state index in [-0.39, 0.29) is 22.9 Å². The van der Waals surface area contributed by atoms with Crippen LogP contribution in [0.5, 0.6) is 0 Å². The van der Waals surface area contributed by atoms with Gasteiger partial charge >= 0.3 is 0 Å². The second-order valence-electron chi connectivity index (χ2n) is 7.13. The second kappa shape index (κ2) is 7.49. The Balaban J connectivity index is 1.65. The minimum absolute atomic E-state index is 0.0171. The number of nitrogen functional groups attached to an aromatic ring is 1. The van der Waals surface area contributed by atoms with Crippen molar-refractivity contribution in [1.82, 2.24) is 14.8 Å². The zero-order chi connectivity index (χ0) is 21.6. The highest BCUT2D eigenvalue weighted by Gasteiger charge is 2.32. The minimum Gasteiger partial charge on any atom is -0.384 e. The van der Waals surface area contributed by atoms with Crippen molar-refractivity contribution in [3.63, 3.8) is 0 Å². The predicted molar refractivity (Wildman–Crippen MR) is 112 cm³/mol. The van der Waals surface area contributed by atoms with Crippen molar-refractivity contribution in [2.45, 2.75) is 13.3 Å². The van der Waals surface area contributed by atoms with Crippen LogP contribution >= 0.6 is 11.6 Å². The molecule has 0 unspecified atom stereocenters. The summed E-state index contributed by atoms with van der Waals surface area (Å²) in [6.07, 6.45) is 0.482. The van der Waals surface area contributed by atoms with Crippen LogP contribution < -0.4 is 21.5 Å². The summed E-state index contributed by atoms with van der Waals surface area (Å²) in [7, 11) is 0. The third-order valence-corrected chi connectivity index (χ3v) is 5.72. The van der Waals surface area contributed by atoms with E-state index < -0.39 is 17.4 Å². The molecule has 9 nitrogen and oxygen atoms in total. The van der Waals surface area contributed by atoms with Crippen LogP contribution in [0.4, 0.5) is 11.5 Å². The van der Waals surface area contributed by atoms with Gasteiger partial charge in [-0.15, -0.1) is 0 Å². The van der Waals surface area contributed by atoms with E-state index in [0.29, 0.717) is 43.3 Å². The number of piperazine rings is 1. The van der Waals surface area contributed by atoms with E-state index in [4.69, 9.17) is 17.3 Å². The molecule has 30 heavy (non-hydrogen) atoms. The maximum absolute atomic E-state index is 12.6. The van der Waals surface area contributed by atoms with Crippen LogP contribution in [-0.4, -0.2) is 53.4 Å². The first-order valence-electron chi connectivity index (χ1n) is 9.55. The van der Waals surface area contributed by atoms with Gasteiger partial charge in [-0.3, -0.25) is 29.1 Å². The summed E-state index contributed by atoms with van der Waals surface area (Å²) in [4.78, 5) is 52.2. The standard InChI is InChI=1S/C20H20ClN5O4/c1-2-15(27)25-7-5-24(6-8-25)14-4-3-11(9-13(14)21)26-16(28)10-12-17(18(26)22)20(30)23-19(12)29/h3-4,9-10H,2,5-8,22H2,1H3,(H,23,29,30). The number of imide groups is 1.